The predicted octanol–water partition coefficient (Wildman–Crippen LogP) is 4.78. The highest BCUT2D eigenvalue weighted by Gasteiger charge is 2.18. The summed E-state index contributed by atoms with van der Waals surface area (Å²) >= 11 is 7.59. The Labute approximate surface area is 118 Å². The van der Waals surface area contributed by atoms with Crippen LogP contribution in [0.1, 0.15) is 17.2 Å². The number of rotatable bonds is 2. The van der Waals surface area contributed by atoms with Gasteiger partial charge in [0.15, 0.2) is 0 Å². The average Bonchev–Trinajstić information content (AvgIpc) is 2.84. The van der Waals surface area contributed by atoms with Crippen LogP contribution < -0.4 is 0 Å². The first-order valence-electron chi connectivity index (χ1n) is 5.76. The number of fused-ring (bicyclic) bond motifs is 1. The highest BCUT2D eigenvalue weighted by Crippen LogP contribution is 2.35. The summed E-state index contributed by atoms with van der Waals surface area (Å²) in [5, 5.41) is 13.7. The molecule has 3 aromatic rings. The van der Waals surface area contributed by atoms with Gasteiger partial charge in [-0.15, -0.1) is 11.3 Å². The number of aliphatic hydroxyl groups excluding tert-OH is 1. The lowest BCUT2D eigenvalue weighted by atomic mass is 10.0. The molecule has 1 nitrogen and oxygen atoms in total. The molecule has 0 aliphatic carbocycles. The molecule has 0 saturated heterocycles. The Morgan fingerprint density at radius 3 is 2.74 bits per heavy atom. The molecule has 1 atom stereocenters. The van der Waals surface area contributed by atoms with Gasteiger partial charge in [-0.2, -0.15) is 0 Å². The standard InChI is InChI=1S/C15H10ClFOS/c16-13-6-5-9(17)7-11(13)15(18)12-8-19-14-4-2-1-3-10(12)14/h1-8,15,18H. The second-order valence-corrected chi connectivity index (χ2v) is 5.57. The Morgan fingerprint density at radius 2 is 1.89 bits per heavy atom. The van der Waals surface area contributed by atoms with E-state index in [1.54, 1.807) is 11.3 Å². The summed E-state index contributed by atoms with van der Waals surface area (Å²) in [6.45, 7) is 0. The highest BCUT2D eigenvalue weighted by molar-refractivity contribution is 7.17. The first kappa shape index (κ1) is 12.6. The fourth-order valence-electron chi connectivity index (χ4n) is 2.10. The van der Waals surface area contributed by atoms with Crippen LogP contribution in [-0.2, 0) is 0 Å². The summed E-state index contributed by atoms with van der Waals surface area (Å²) in [6, 6.07) is 11.8. The van der Waals surface area contributed by atoms with Crippen LogP contribution in [0.3, 0.4) is 0 Å². The van der Waals surface area contributed by atoms with Gasteiger partial charge >= 0.3 is 0 Å². The van der Waals surface area contributed by atoms with Gasteiger partial charge in [0.2, 0.25) is 0 Å². The van der Waals surface area contributed by atoms with Crippen molar-refractivity contribution in [3.63, 3.8) is 0 Å². The number of thiophene rings is 1. The number of hydrogen-bond donors (Lipinski definition) is 1. The summed E-state index contributed by atoms with van der Waals surface area (Å²) in [5.41, 5.74) is 1.15. The minimum atomic E-state index is -0.917. The third-order valence-electron chi connectivity index (χ3n) is 3.06. The molecular weight excluding hydrogens is 283 g/mol. The first-order valence-corrected chi connectivity index (χ1v) is 7.02. The zero-order chi connectivity index (χ0) is 13.4. The Morgan fingerprint density at radius 1 is 1.11 bits per heavy atom. The van der Waals surface area contributed by atoms with Crippen LogP contribution in [0.4, 0.5) is 4.39 Å². The molecule has 1 unspecified atom stereocenters. The topological polar surface area (TPSA) is 20.2 Å². The molecule has 96 valence electrons. The minimum absolute atomic E-state index is 0.365. The van der Waals surface area contributed by atoms with Crippen molar-refractivity contribution < 1.29 is 9.50 Å². The van der Waals surface area contributed by atoms with Gasteiger partial charge in [0.25, 0.3) is 0 Å². The van der Waals surface area contributed by atoms with E-state index in [1.165, 1.54) is 18.2 Å². The maximum Gasteiger partial charge on any atom is 0.123 e. The summed E-state index contributed by atoms with van der Waals surface area (Å²) in [6.07, 6.45) is -0.917. The summed E-state index contributed by atoms with van der Waals surface area (Å²) in [5.74, 6) is -0.405. The normalized spacial score (nSPS) is 12.8. The van der Waals surface area contributed by atoms with E-state index < -0.39 is 11.9 Å². The van der Waals surface area contributed by atoms with Gasteiger partial charge < -0.3 is 5.11 Å². The molecule has 19 heavy (non-hydrogen) atoms. The van der Waals surface area contributed by atoms with E-state index >= 15 is 0 Å². The molecule has 0 spiro atoms. The van der Waals surface area contributed by atoms with Crippen LogP contribution >= 0.6 is 22.9 Å². The average molecular weight is 293 g/mol. The molecule has 1 heterocycles. The quantitative estimate of drug-likeness (QED) is 0.721. The van der Waals surface area contributed by atoms with Crippen molar-refractivity contribution in [1.82, 2.24) is 0 Å². The fraction of sp³-hybridized carbons (Fsp3) is 0.0667. The lowest BCUT2D eigenvalue weighted by molar-refractivity contribution is 0.222. The molecule has 0 radical (unpaired) electrons. The minimum Gasteiger partial charge on any atom is -0.384 e. The van der Waals surface area contributed by atoms with Gasteiger partial charge in [-0.25, -0.2) is 4.39 Å². The van der Waals surface area contributed by atoms with Crippen LogP contribution in [0.2, 0.25) is 5.02 Å². The molecule has 0 fully saturated rings. The second kappa shape index (κ2) is 4.93. The number of aliphatic hydroxyl groups is 1. The van der Waals surface area contributed by atoms with Crippen LogP contribution in [0.25, 0.3) is 10.1 Å². The molecular formula is C15H10ClFOS. The number of halogens is 2. The van der Waals surface area contributed by atoms with Gasteiger partial charge in [-0.05, 0) is 35.0 Å². The van der Waals surface area contributed by atoms with Crippen molar-refractivity contribution in [2.24, 2.45) is 0 Å². The fourth-order valence-corrected chi connectivity index (χ4v) is 3.30. The van der Waals surface area contributed by atoms with Crippen molar-refractivity contribution in [3.05, 3.63) is 69.8 Å². The first-order chi connectivity index (χ1) is 9.16. The smallest absolute Gasteiger partial charge is 0.123 e. The molecule has 1 N–H and O–H groups in total. The molecule has 3 rings (SSSR count). The van der Waals surface area contributed by atoms with E-state index in [1.807, 2.05) is 29.6 Å². The van der Waals surface area contributed by atoms with E-state index in [2.05, 4.69) is 0 Å². The lowest BCUT2D eigenvalue weighted by Gasteiger charge is -2.12. The van der Waals surface area contributed by atoms with Gasteiger partial charge in [-0.1, -0.05) is 29.8 Å². The zero-order valence-electron chi connectivity index (χ0n) is 9.81. The molecule has 0 bridgehead atoms. The third-order valence-corrected chi connectivity index (χ3v) is 4.38. The van der Waals surface area contributed by atoms with Gasteiger partial charge in [0.05, 0.1) is 0 Å². The van der Waals surface area contributed by atoms with Crippen LogP contribution in [0.5, 0.6) is 0 Å². The van der Waals surface area contributed by atoms with Gasteiger partial charge in [0, 0.05) is 20.8 Å². The van der Waals surface area contributed by atoms with Crippen molar-refractivity contribution in [3.8, 4) is 0 Å². The van der Waals surface area contributed by atoms with E-state index in [0.29, 0.717) is 10.6 Å². The van der Waals surface area contributed by atoms with E-state index in [-0.39, 0.29) is 0 Å². The molecule has 0 aliphatic rings. The third kappa shape index (κ3) is 2.25. The second-order valence-electron chi connectivity index (χ2n) is 4.26. The van der Waals surface area contributed by atoms with Crippen molar-refractivity contribution in [2.75, 3.05) is 0 Å². The van der Waals surface area contributed by atoms with Gasteiger partial charge in [0.1, 0.15) is 11.9 Å². The van der Waals surface area contributed by atoms with E-state index in [4.69, 9.17) is 11.6 Å². The maximum atomic E-state index is 13.3. The largest absolute Gasteiger partial charge is 0.384 e. The zero-order valence-corrected chi connectivity index (χ0v) is 11.4. The Hall–Kier alpha value is -1.42. The maximum absolute atomic E-state index is 13.3. The number of benzene rings is 2. The molecule has 1 aromatic heterocycles. The lowest BCUT2D eigenvalue weighted by Crippen LogP contribution is -2.00. The molecule has 2 aromatic carbocycles. The Balaban J connectivity index is 2.13. The summed E-state index contributed by atoms with van der Waals surface area (Å²) in [4.78, 5) is 0. The molecule has 0 saturated carbocycles. The SMILES string of the molecule is OC(c1cc(F)ccc1Cl)c1csc2ccccc12. The van der Waals surface area contributed by atoms with Crippen molar-refractivity contribution in [2.45, 2.75) is 6.10 Å². The summed E-state index contributed by atoms with van der Waals surface area (Å²) in [7, 11) is 0. The molecule has 0 amide bonds. The van der Waals surface area contributed by atoms with Crippen LogP contribution in [-0.4, -0.2) is 5.11 Å². The van der Waals surface area contributed by atoms with Crippen LogP contribution in [0, 0.1) is 5.82 Å². The molecule has 4 heteroatoms. The Bertz CT molecular complexity index is 738. The van der Waals surface area contributed by atoms with Crippen LogP contribution in [0.15, 0.2) is 47.8 Å². The van der Waals surface area contributed by atoms with Crippen molar-refractivity contribution >= 4 is 33.0 Å². The van der Waals surface area contributed by atoms with Crippen molar-refractivity contribution in [1.29, 1.82) is 0 Å². The molecule has 0 aliphatic heterocycles. The monoisotopic (exact) mass is 292 g/mol. The summed E-state index contributed by atoms with van der Waals surface area (Å²) < 4.78 is 14.4. The predicted molar refractivity (Wildman–Crippen MR) is 77.3 cm³/mol. The van der Waals surface area contributed by atoms with E-state index in [0.717, 1.165) is 15.6 Å². The highest BCUT2D eigenvalue weighted by atomic mass is 35.5. The van der Waals surface area contributed by atoms with Gasteiger partial charge in [-0.3, -0.25) is 0 Å². The Kier molecular flexibility index (Phi) is 3.27. The van der Waals surface area contributed by atoms with E-state index in [9.17, 15) is 9.50 Å². The number of hydrogen-bond acceptors (Lipinski definition) is 2.